The molecular formula is C18H18N4OS. The number of carbonyl (C=O) groups is 1. The van der Waals surface area contributed by atoms with E-state index in [1.54, 1.807) is 23.7 Å². The van der Waals surface area contributed by atoms with Gasteiger partial charge in [-0.1, -0.05) is 30.3 Å². The number of rotatable bonds is 5. The van der Waals surface area contributed by atoms with Crippen molar-refractivity contribution >= 4 is 17.4 Å². The van der Waals surface area contributed by atoms with E-state index in [0.717, 1.165) is 21.8 Å². The van der Waals surface area contributed by atoms with Gasteiger partial charge in [0.2, 0.25) is 0 Å². The fourth-order valence-electron chi connectivity index (χ4n) is 2.22. The van der Waals surface area contributed by atoms with Gasteiger partial charge in [0, 0.05) is 29.9 Å². The molecule has 24 heavy (non-hydrogen) atoms. The van der Waals surface area contributed by atoms with Crippen LogP contribution in [0.5, 0.6) is 0 Å². The zero-order chi connectivity index (χ0) is 16.8. The van der Waals surface area contributed by atoms with E-state index >= 15 is 0 Å². The average Bonchev–Trinajstić information content (AvgIpc) is 3.12. The van der Waals surface area contributed by atoms with Gasteiger partial charge in [-0.2, -0.15) is 0 Å². The van der Waals surface area contributed by atoms with Crippen LogP contribution in [0.15, 0.2) is 60.2 Å². The Kier molecular flexibility index (Phi) is 5.18. The first-order valence-electron chi connectivity index (χ1n) is 7.66. The van der Waals surface area contributed by atoms with Crippen LogP contribution < -0.4 is 10.6 Å². The largest absolute Gasteiger partial charge is 0.334 e. The lowest BCUT2D eigenvalue weighted by molar-refractivity contribution is 0.237. The molecule has 2 N–H and O–H groups in total. The third-order valence-corrected chi connectivity index (χ3v) is 4.54. The first-order valence-corrected chi connectivity index (χ1v) is 8.54. The molecule has 3 aromatic rings. The van der Waals surface area contributed by atoms with Crippen LogP contribution in [0, 0.1) is 0 Å². The Morgan fingerprint density at radius 3 is 2.67 bits per heavy atom. The summed E-state index contributed by atoms with van der Waals surface area (Å²) in [6.45, 7) is 2.40. The van der Waals surface area contributed by atoms with Gasteiger partial charge >= 0.3 is 6.03 Å². The summed E-state index contributed by atoms with van der Waals surface area (Å²) in [6, 6.07) is 13.4. The highest BCUT2D eigenvalue weighted by molar-refractivity contribution is 7.10. The fraction of sp³-hybridized carbons (Fsp3) is 0.167. The molecule has 6 heteroatoms. The van der Waals surface area contributed by atoms with Crippen molar-refractivity contribution in [3.05, 3.63) is 70.8 Å². The summed E-state index contributed by atoms with van der Waals surface area (Å²) in [4.78, 5) is 20.6. The molecule has 5 nitrogen and oxygen atoms in total. The van der Waals surface area contributed by atoms with Gasteiger partial charge in [0.15, 0.2) is 0 Å². The zero-order valence-electron chi connectivity index (χ0n) is 13.3. The van der Waals surface area contributed by atoms with Crippen molar-refractivity contribution in [1.29, 1.82) is 0 Å². The van der Waals surface area contributed by atoms with E-state index < -0.39 is 0 Å². The van der Waals surface area contributed by atoms with Crippen molar-refractivity contribution in [2.24, 2.45) is 0 Å². The second-order valence-corrected chi connectivity index (χ2v) is 6.23. The summed E-state index contributed by atoms with van der Waals surface area (Å²) in [5.41, 5.74) is 3.02. The summed E-state index contributed by atoms with van der Waals surface area (Å²) in [6.07, 6.45) is 3.41. The molecule has 0 radical (unpaired) electrons. The van der Waals surface area contributed by atoms with Crippen LogP contribution in [0.25, 0.3) is 11.3 Å². The van der Waals surface area contributed by atoms with Gasteiger partial charge in [-0.15, -0.1) is 11.3 Å². The molecule has 0 aliphatic rings. The molecule has 3 rings (SSSR count). The Hall–Kier alpha value is -2.73. The van der Waals surface area contributed by atoms with Gasteiger partial charge in [0.05, 0.1) is 11.7 Å². The molecule has 122 valence electrons. The third-order valence-electron chi connectivity index (χ3n) is 3.51. The Morgan fingerprint density at radius 1 is 1.17 bits per heavy atom. The normalized spacial score (nSPS) is 11.7. The number of aromatic nitrogens is 2. The van der Waals surface area contributed by atoms with Gasteiger partial charge in [0.25, 0.3) is 0 Å². The summed E-state index contributed by atoms with van der Waals surface area (Å²) in [5.74, 6) is 0. The lowest BCUT2D eigenvalue weighted by Gasteiger charge is -2.12. The van der Waals surface area contributed by atoms with Crippen molar-refractivity contribution in [3.63, 3.8) is 0 Å². The number of hydrogen-bond donors (Lipinski definition) is 2. The zero-order valence-corrected chi connectivity index (χ0v) is 14.1. The highest BCUT2D eigenvalue weighted by atomic mass is 32.1. The number of urea groups is 1. The third kappa shape index (κ3) is 4.17. The highest BCUT2D eigenvalue weighted by Gasteiger charge is 2.13. The Labute approximate surface area is 144 Å². The minimum Gasteiger partial charge on any atom is -0.334 e. The van der Waals surface area contributed by atoms with E-state index in [2.05, 4.69) is 20.6 Å². The van der Waals surface area contributed by atoms with E-state index in [9.17, 15) is 4.79 Å². The molecule has 1 atom stereocenters. The van der Waals surface area contributed by atoms with Crippen LogP contribution in [0.1, 0.15) is 23.5 Å². The topological polar surface area (TPSA) is 66.9 Å². The van der Waals surface area contributed by atoms with Crippen molar-refractivity contribution in [3.8, 4) is 11.3 Å². The van der Waals surface area contributed by atoms with Gasteiger partial charge < -0.3 is 10.6 Å². The molecule has 1 aromatic carbocycles. The van der Waals surface area contributed by atoms with Crippen molar-refractivity contribution in [2.75, 3.05) is 0 Å². The van der Waals surface area contributed by atoms with Crippen LogP contribution in [0.3, 0.4) is 0 Å². The number of amides is 2. The minimum absolute atomic E-state index is 0.148. The second-order valence-electron chi connectivity index (χ2n) is 5.34. The molecule has 0 fully saturated rings. The van der Waals surface area contributed by atoms with E-state index in [1.807, 2.05) is 54.8 Å². The van der Waals surface area contributed by atoms with E-state index in [-0.39, 0.29) is 12.1 Å². The number of hydrogen-bond acceptors (Lipinski definition) is 4. The maximum atomic E-state index is 12.0. The average molecular weight is 338 g/mol. The minimum atomic E-state index is -0.212. The summed E-state index contributed by atoms with van der Waals surface area (Å²) in [5, 5.41) is 8.64. The SMILES string of the molecule is CC(NC(=O)NCc1ccncc1)c1nc(-c2ccccc2)cs1. The Bertz CT molecular complexity index is 789. The smallest absolute Gasteiger partial charge is 0.315 e. The van der Waals surface area contributed by atoms with Gasteiger partial charge in [-0.25, -0.2) is 9.78 Å². The molecule has 0 saturated carbocycles. The number of nitrogens with one attached hydrogen (secondary N) is 2. The quantitative estimate of drug-likeness (QED) is 0.744. The molecule has 0 aliphatic carbocycles. The summed E-state index contributed by atoms with van der Waals surface area (Å²) < 4.78 is 0. The fourth-order valence-corrected chi connectivity index (χ4v) is 3.06. The van der Waals surface area contributed by atoms with Crippen LogP contribution in [0.2, 0.25) is 0 Å². The highest BCUT2D eigenvalue weighted by Crippen LogP contribution is 2.25. The molecule has 2 amide bonds. The maximum Gasteiger partial charge on any atom is 0.315 e. The van der Waals surface area contributed by atoms with Crippen LogP contribution in [-0.2, 0) is 6.54 Å². The lowest BCUT2D eigenvalue weighted by atomic mass is 10.2. The van der Waals surface area contributed by atoms with Crippen molar-refractivity contribution < 1.29 is 4.79 Å². The van der Waals surface area contributed by atoms with E-state index in [1.165, 1.54) is 0 Å². The number of benzene rings is 1. The molecule has 0 bridgehead atoms. The molecule has 0 saturated heterocycles. The predicted octanol–water partition coefficient (Wildman–Crippen LogP) is 3.77. The lowest BCUT2D eigenvalue weighted by Crippen LogP contribution is -2.36. The van der Waals surface area contributed by atoms with Gasteiger partial charge in [-0.3, -0.25) is 4.98 Å². The van der Waals surface area contributed by atoms with E-state index in [4.69, 9.17) is 0 Å². The number of carbonyl (C=O) groups excluding carboxylic acids is 1. The molecule has 1 unspecified atom stereocenters. The molecule has 2 aromatic heterocycles. The first-order chi connectivity index (χ1) is 11.7. The van der Waals surface area contributed by atoms with Crippen molar-refractivity contribution in [1.82, 2.24) is 20.6 Å². The van der Waals surface area contributed by atoms with Crippen molar-refractivity contribution in [2.45, 2.75) is 19.5 Å². The summed E-state index contributed by atoms with van der Waals surface area (Å²) in [7, 11) is 0. The Balaban J connectivity index is 1.56. The monoisotopic (exact) mass is 338 g/mol. The van der Waals surface area contributed by atoms with Crippen LogP contribution in [0.4, 0.5) is 4.79 Å². The molecular weight excluding hydrogens is 320 g/mol. The molecule has 2 heterocycles. The molecule has 0 aliphatic heterocycles. The molecule has 0 spiro atoms. The van der Waals surface area contributed by atoms with Crippen LogP contribution >= 0.6 is 11.3 Å². The number of pyridine rings is 1. The summed E-state index contributed by atoms with van der Waals surface area (Å²) >= 11 is 1.55. The first kappa shape index (κ1) is 16.1. The predicted molar refractivity (Wildman–Crippen MR) is 95.6 cm³/mol. The van der Waals surface area contributed by atoms with Gasteiger partial charge in [0.1, 0.15) is 5.01 Å². The standard InChI is InChI=1S/C18H18N4OS/c1-13(21-18(23)20-11-14-7-9-19-10-8-14)17-22-16(12-24-17)15-5-3-2-4-6-15/h2-10,12-13H,11H2,1H3,(H2,20,21,23). The van der Waals surface area contributed by atoms with E-state index in [0.29, 0.717) is 6.54 Å². The Morgan fingerprint density at radius 2 is 1.92 bits per heavy atom. The van der Waals surface area contributed by atoms with Crippen LogP contribution in [-0.4, -0.2) is 16.0 Å². The maximum absolute atomic E-state index is 12.0. The number of thiazole rings is 1. The second kappa shape index (κ2) is 7.70. The van der Waals surface area contributed by atoms with Gasteiger partial charge in [-0.05, 0) is 24.6 Å². The number of nitrogens with zero attached hydrogens (tertiary/aromatic N) is 2.